The van der Waals surface area contributed by atoms with E-state index in [1.54, 1.807) is 0 Å². The molecular formula is C10H18N3O14P3. The maximum atomic E-state index is 11.9. The van der Waals surface area contributed by atoms with E-state index in [4.69, 9.17) is 29.9 Å². The molecule has 172 valence electrons. The van der Waals surface area contributed by atoms with E-state index >= 15 is 0 Å². The largest absolute Gasteiger partial charge is 0.490 e. The van der Waals surface area contributed by atoms with E-state index in [0.717, 1.165) is 11.7 Å². The van der Waals surface area contributed by atoms with Crippen LogP contribution in [0.1, 0.15) is 6.23 Å². The third-order valence-corrected chi connectivity index (χ3v) is 7.33. The van der Waals surface area contributed by atoms with Crippen molar-refractivity contribution in [1.29, 1.82) is 0 Å². The van der Waals surface area contributed by atoms with Crippen LogP contribution in [-0.2, 0) is 36.3 Å². The molecule has 1 aromatic rings. The minimum Gasteiger partial charge on any atom is -0.386 e. The zero-order valence-corrected chi connectivity index (χ0v) is 17.6. The van der Waals surface area contributed by atoms with Gasteiger partial charge in [0.25, 0.3) is 0 Å². The first-order valence-corrected chi connectivity index (χ1v) is 12.2. The molecule has 30 heavy (non-hydrogen) atoms. The van der Waals surface area contributed by atoms with Crippen molar-refractivity contribution in [3.8, 4) is 0 Å². The molecule has 3 unspecified atom stereocenters. The summed E-state index contributed by atoms with van der Waals surface area (Å²) in [6, 6.07) is 1.25. The lowest BCUT2D eigenvalue weighted by molar-refractivity contribution is -0.0559. The highest BCUT2D eigenvalue weighted by molar-refractivity contribution is 7.66. The van der Waals surface area contributed by atoms with Gasteiger partial charge in [0.15, 0.2) is 6.23 Å². The summed E-state index contributed by atoms with van der Waals surface area (Å²) in [6.45, 7) is -0.882. The molecule has 17 nitrogen and oxygen atoms in total. The molecule has 0 bridgehead atoms. The van der Waals surface area contributed by atoms with Crippen LogP contribution >= 0.6 is 23.5 Å². The Morgan fingerprint density at radius 1 is 1.20 bits per heavy atom. The Labute approximate surface area is 167 Å². The normalized spacial score (nSPS) is 28.7. The molecule has 1 aliphatic heterocycles. The number of phosphoric acid groups is 3. The van der Waals surface area contributed by atoms with Crippen LogP contribution < -0.4 is 11.4 Å². The number of aliphatic hydroxyl groups is 1. The van der Waals surface area contributed by atoms with Crippen molar-refractivity contribution in [3.63, 3.8) is 0 Å². The molecule has 7 N–H and O–H groups in total. The van der Waals surface area contributed by atoms with Crippen molar-refractivity contribution in [1.82, 2.24) is 9.55 Å². The maximum Gasteiger partial charge on any atom is 0.490 e. The molecule has 1 aliphatic rings. The molecule has 0 aliphatic carbocycles. The van der Waals surface area contributed by atoms with Crippen LogP contribution in [0.25, 0.3) is 0 Å². The van der Waals surface area contributed by atoms with Crippen molar-refractivity contribution in [2.75, 3.05) is 19.5 Å². The van der Waals surface area contributed by atoms with Crippen LogP contribution in [-0.4, -0.2) is 66.3 Å². The second kappa shape index (κ2) is 9.22. The first-order chi connectivity index (χ1) is 13.6. The van der Waals surface area contributed by atoms with Crippen LogP contribution in [0.4, 0.5) is 5.82 Å². The fourth-order valence-corrected chi connectivity index (χ4v) is 5.50. The quantitative estimate of drug-likeness (QED) is 0.211. The number of hydrogen-bond donors (Lipinski definition) is 6. The molecule has 2 heterocycles. The summed E-state index contributed by atoms with van der Waals surface area (Å²) in [7, 11) is -15.5. The number of nitrogen functional groups attached to an aromatic ring is 1. The Morgan fingerprint density at radius 2 is 1.83 bits per heavy atom. The summed E-state index contributed by atoms with van der Waals surface area (Å²) in [5.74, 6) is -0.0868. The molecule has 0 saturated carbocycles. The molecule has 20 heteroatoms. The predicted octanol–water partition coefficient (Wildman–Crippen LogP) is -1.56. The van der Waals surface area contributed by atoms with Crippen LogP contribution in [0.3, 0.4) is 0 Å². The Kier molecular flexibility index (Phi) is 7.76. The first kappa shape index (κ1) is 25.2. The van der Waals surface area contributed by atoms with Crippen LogP contribution in [0.15, 0.2) is 17.1 Å². The molecule has 1 saturated heterocycles. The van der Waals surface area contributed by atoms with E-state index in [-0.39, 0.29) is 5.82 Å². The Morgan fingerprint density at radius 3 is 2.37 bits per heavy atom. The van der Waals surface area contributed by atoms with Gasteiger partial charge in [-0.25, -0.2) is 18.5 Å². The number of hydrogen-bond acceptors (Lipinski definition) is 12. The van der Waals surface area contributed by atoms with Gasteiger partial charge in [-0.15, -0.1) is 0 Å². The van der Waals surface area contributed by atoms with E-state index in [9.17, 15) is 28.5 Å². The zero-order valence-electron chi connectivity index (χ0n) is 14.9. The first-order valence-electron chi connectivity index (χ1n) is 7.63. The summed E-state index contributed by atoms with van der Waals surface area (Å²) in [5.41, 5.74) is 4.51. The molecular weight excluding hydrogens is 479 g/mol. The van der Waals surface area contributed by atoms with Crippen molar-refractivity contribution in [2.45, 2.75) is 24.5 Å². The van der Waals surface area contributed by atoms with Gasteiger partial charge in [0, 0.05) is 13.3 Å². The third-order valence-electron chi connectivity index (χ3n) is 3.53. The van der Waals surface area contributed by atoms with Crippen LogP contribution in [0.2, 0.25) is 0 Å². The van der Waals surface area contributed by atoms with E-state index in [1.165, 1.54) is 12.3 Å². The van der Waals surface area contributed by atoms with Gasteiger partial charge in [-0.3, -0.25) is 9.09 Å². The average Bonchev–Trinajstić information content (AvgIpc) is 2.85. The fraction of sp³-hybridized carbons (Fsp3) is 0.600. The minimum absolute atomic E-state index is 0.0868. The molecule has 0 aromatic carbocycles. The van der Waals surface area contributed by atoms with Gasteiger partial charge in [0.2, 0.25) is 0 Å². The number of rotatable bonds is 9. The van der Waals surface area contributed by atoms with Gasteiger partial charge in [0.1, 0.15) is 24.1 Å². The lowest BCUT2D eigenvalue weighted by Crippen LogP contribution is -2.37. The molecule has 2 rings (SSSR count). The number of anilines is 1. The third kappa shape index (κ3) is 6.73. The second-order valence-corrected chi connectivity index (χ2v) is 10.1. The number of methoxy groups -OCH3 is 1. The zero-order chi connectivity index (χ0) is 22.9. The number of phosphoric ester groups is 1. The molecule has 6 atom stereocenters. The van der Waals surface area contributed by atoms with Crippen LogP contribution in [0.5, 0.6) is 0 Å². The summed E-state index contributed by atoms with van der Waals surface area (Å²) < 4.78 is 56.6. The Hall–Kier alpha value is -1.03. The van der Waals surface area contributed by atoms with E-state index in [2.05, 4.69) is 18.1 Å². The topological polar surface area (TPSA) is 259 Å². The maximum absolute atomic E-state index is 11.9. The summed E-state index contributed by atoms with van der Waals surface area (Å²) >= 11 is 0. The van der Waals surface area contributed by atoms with E-state index in [1.807, 2.05) is 0 Å². The highest BCUT2D eigenvalue weighted by Gasteiger charge is 2.47. The summed E-state index contributed by atoms with van der Waals surface area (Å²) in [6.07, 6.45) is -4.16. The highest BCUT2D eigenvalue weighted by atomic mass is 31.3. The number of nitrogens with two attached hydrogens (primary N) is 1. The van der Waals surface area contributed by atoms with Gasteiger partial charge in [0.05, 0.1) is 6.61 Å². The Bertz CT molecular complexity index is 963. The summed E-state index contributed by atoms with van der Waals surface area (Å²) in [5, 5.41) is 10.3. The van der Waals surface area contributed by atoms with Crippen LogP contribution in [0, 0.1) is 0 Å². The molecule has 0 spiro atoms. The van der Waals surface area contributed by atoms with Gasteiger partial charge in [-0.2, -0.15) is 13.6 Å². The van der Waals surface area contributed by atoms with Gasteiger partial charge < -0.3 is 39.9 Å². The van der Waals surface area contributed by atoms with E-state index < -0.39 is 60.3 Å². The standard InChI is InChI=1S/C10H18N3O14P3/c1-23-8-5(4-24-29(19,20)27-30(21,22)26-28(16,17)18)25-9(7(8)14)13-3-2-6(11)12-10(13)15/h2-3,5,7-9,14H,4H2,1H3,(H,19,20)(H,21,22)(H2,11,12,15)(H2,16,17,18)/t5-,7+,8?,9-/m1/s1. The smallest absolute Gasteiger partial charge is 0.386 e. The lowest BCUT2D eigenvalue weighted by Gasteiger charge is -2.20. The van der Waals surface area contributed by atoms with Crippen molar-refractivity contribution < 1.29 is 61.0 Å². The van der Waals surface area contributed by atoms with Crippen molar-refractivity contribution in [2.24, 2.45) is 0 Å². The second-order valence-electron chi connectivity index (χ2n) is 5.69. The lowest BCUT2D eigenvalue weighted by atomic mass is 10.1. The molecule has 0 radical (unpaired) electrons. The SMILES string of the molecule is COC1[C@@H](COP(=O)(O)OP(=O)(O)OP(=O)(O)O)O[C@@H](n2ccc(N)nc2=O)[C@H]1O. The minimum atomic E-state index is -5.69. The fourth-order valence-electron chi connectivity index (χ4n) is 2.47. The highest BCUT2D eigenvalue weighted by Crippen LogP contribution is 2.66. The van der Waals surface area contributed by atoms with E-state index in [0.29, 0.717) is 0 Å². The van der Waals surface area contributed by atoms with Crippen molar-refractivity contribution >= 4 is 29.3 Å². The molecule has 1 aromatic heterocycles. The number of aromatic nitrogens is 2. The number of aliphatic hydroxyl groups excluding tert-OH is 1. The van der Waals surface area contributed by atoms with Crippen molar-refractivity contribution in [3.05, 3.63) is 22.7 Å². The monoisotopic (exact) mass is 497 g/mol. The predicted molar refractivity (Wildman–Crippen MR) is 93.4 cm³/mol. The van der Waals surface area contributed by atoms with Gasteiger partial charge in [-0.05, 0) is 6.07 Å². The number of ether oxygens (including phenoxy) is 2. The Balaban J connectivity index is 2.10. The number of nitrogens with zero attached hydrogens (tertiary/aromatic N) is 2. The summed E-state index contributed by atoms with van der Waals surface area (Å²) in [4.78, 5) is 51.0. The molecule has 0 amide bonds. The average molecular weight is 497 g/mol. The molecule has 1 fully saturated rings. The van der Waals surface area contributed by atoms with Gasteiger partial charge >= 0.3 is 29.2 Å². The van der Waals surface area contributed by atoms with Gasteiger partial charge in [-0.1, -0.05) is 0 Å².